The fourth-order valence-corrected chi connectivity index (χ4v) is 3.01. The minimum atomic E-state index is -0.979. The molecule has 0 aromatic heterocycles. The number of carbonyl (C=O) groups excluding carboxylic acids is 2. The molecule has 2 aromatic rings. The average molecular weight is 352 g/mol. The Morgan fingerprint density at radius 2 is 1.85 bits per heavy atom. The Kier molecular flexibility index (Phi) is 5.31. The van der Waals surface area contributed by atoms with Gasteiger partial charge in [0.05, 0.1) is 5.56 Å². The molecule has 26 heavy (non-hydrogen) atoms. The smallest absolute Gasteiger partial charge is 0.335 e. The monoisotopic (exact) mass is 352 g/mol. The first-order valence-corrected chi connectivity index (χ1v) is 8.50. The number of aromatic carboxylic acids is 1. The highest BCUT2D eigenvalue weighted by molar-refractivity contribution is 5.96. The van der Waals surface area contributed by atoms with Gasteiger partial charge in [-0.25, -0.2) is 4.79 Å². The molecule has 3 rings (SSSR count). The number of amides is 2. The second-order valence-electron chi connectivity index (χ2n) is 6.36. The van der Waals surface area contributed by atoms with Crippen LogP contribution in [0.5, 0.6) is 0 Å². The van der Waals surface area contributed by atoms with Gasteiger partial charge in [-0.05, 0) is 42.2 Å². The van der Waals surface area contributed by atoms with Crippen molar-refractivity contribution in [3.8, 4) is 0 Å². The number of benzene rings is 2. The van der Waals surface area contributed by atoms with Crippen molar-refractivity contribution < 1.29 is 19.5 Å². The van der Waals surface area contributed by atoms with Crippen molar-refractivity contribution in [2.24, 2.45) is 5.92 Å². The van der Waals surface area contributed by atoms with Crippen LogP contribution in [0.25, 0.3) is 0 Å². The largest absolute Gasteiger partial charge is 0.478 e. The molecule has 0 saturated carbocycles. The van der Waals surface area contributed by atoms with Crippen LogP contribution in [0, 0.1) is 5.92 Å². The van der Waals surface area contributed by atoms with E-state index < -0.39 is 5.97 Å². The van der Waals surface area contributed by atoms with Crippen LogP contribution < -0.4 is 10.6 Å². The Hall–Kier alpha value is -3.15. The molecular formula is C20H20N2O4. The van der Waals surface area contributed by atoms with E-state index in [9.17, 15) is 14.4 Å². The van der Waals surface area contributed by atoms with Crippen molar-refractivity contribution in [2.75, 3.05) is 5.32 Å². The fraction of sp³-hybridized carbons (Fsp3) is 0.250. The summed E-state index contributed by atoms with van der Waals surface area (Å²) in [6, 6.07) is 14.1. The van der Waals surface area contributed by atoms with Crippen molar-refractivity contribution in [3.63, 3.8) is 0 Å². The molecule has 1 aliphatic heterocycles. The molecule has 0 radical (unpaired) electrons. The molecule has 6 nitrogen and oxygen atoms in total. The minimum Gasteiger partial charge on any atom is -0.478 e. The fourth-order valence-electron chi connectivity index (χ4n) is 3.01. The Labute approximate surface area is 151 Å². The van der Waals surface area contributed by atoms with Crippen LogP contribution in [0.15, 0.2) is 48.5 Å². The molecule has 3 N–H and O–H groups in total. The highest BCUT2D eigenvalue weighted by atomic mass is 16.4. The Bertz CT molecular complexity index is 830. The Balaban J connectivity index is 1.47. The first kappa shape index (κ1) is 17.7. The molecule has 0 spiro atoms. The lowest BCUT2D eigenvalue weighted by Crippen LogP contribution is -2.31. The average Bonchev–Trinajstić information content (AvgIpc) is 2.65. The summed E-state index contributed by atoms with van der Waals surface area (Å²) in [5.74, 6) is -1.35. The number of para-hydroxylation sites is 1. The van der Waals surface area contributed by atoms with Gasteiger partial charge in [-0.2, -0.15) is 0 Å². The molecule has 1 aliphatic rings. The van der Waals surface area contributed by atoms with Gasteiger partial charge in [0.15, 0.2) is 0 Å². The van der Waals surface area contributed by atoms with E-state index in [4.69, 9.17) is 5.11 Å². The lowest BCUT2D eigenvalue weighted by Gasteiger charge is -2.24. The van der Waals surface area contributed by atoms with Gasteiger partial charge in [-0.3, -0.25) is 9.59 Å². The zero-order chi connectivity index (χ0) is 18.5. The number of fused-ring (bicyclic) bond motifs is 1. The summed E-state index contributed by atoms with van der Waals surface area (Å²) in [7, 11) is 0. The van der Waals surface area contributed by atoms with E-state index in [0.717, 1.165) is 16.8 Å². The quantitative estimate of drug-likeness (QED) is 0.745. The maximum absolute atomic E-state index is 12.1. The lowest BCUT2D eigenvalue weighted by molar-refractivity contribution is -0.123. The van der Waals surface area contributed by atoms with Gasteiger partial charge in [0, 0.05) is 24.6 Å². The van der Waals surface area contributed by atoms with E-state index in [0.29, 0.717) is 19.4 Å². The van der Waals surface area contributed by atoms with Gasteiger partial charge in [-0.1, -0.05) is 30.3 Å². The van der Waals surface area contributed by atoms with E-state index in [1.807, 2.05) is 24.3 Å². The summed E-state index contributed by atoms with van der Waals surface area (Å²) in [5, 5.41) is 14.6. The standard InChI is InChI=1S/C20H20N2O4/c23-18(21-12-13-5-7-14(8-6-13)20(25)26)10-9-16-11-15-3-1-2-4-17(15)22-19(16)24/h1-8,16H,9-12H2,(H,21,23)(H,22,24)(H,25,26)/t16-/m1/s1. The number of hydrogen-bond donors (Lipinski definition) is 3. The third kappa shape index (κ3) is 4.27. The summed E-state index contributed by atoms with van der Waals surface area (Å²) in [5.41, 5.74) is 2.98. The van der Waals surface area contributed by atoms with Crippen LogP contribution in [-0.2, 0) is 22.6 Å². The zero-order valence-electron chi connectivity index (χ0n) is 14.2. The van der Waals surface area contributed by atoms with Crippen LogP contribution in [0.1, 0.15) is 34.3 Å². The van der Waals surface area contributed by atoms with E-state index in [-0.39, 0.29) is 29.7 Å². The molecule has 0 aliphatic carbocycles. The summed E-state index contributed by atoms with van der Waals surface area (Å²) in [4.78, 5) is 35.0. The van der Waals surface area contributed by atoms with Gasteiger partial charge in [0.1, 0.15) is 0 Å². The molecular weight excluding hydrogens is 332 g/mol. The van der Waals surface area contributed by atoms with Crippen LogP contribution >= 0.6 is 0 Å². The molecule has 1 heterocycles. The highest BCUT2D eigenvalue weighted by Gasteiger charge is 2.26. The number of carboxylic acid groups (broad SMARTS) is 1. The van der Waals surface area contributed by atoms with Gasteiger partial charge < -0.3 is 15.7 Å². The second-order valence-corrected chi connectivity index (χ2v) is 6.36. The van der Waals surface area contributed by atoms with Crippen molar-refractivity contribution in [1.82, 2.24) is 5.32 Å². The van der Waals surface area contributed by atoms with Crippen LogP contribution in [-0.4, -0.2) is 22.9 Å². The van der Waals surface area contributed by atoms with Gasteiger partial charge in [0.25, 0.3) is 0 Å². The third-order valence-electron chi connectivity index (χ3n) is 4.52. The van der Waals surface area contributed by atoms with Gasteiger partial charge in [-0.15, -0.1) is 0 Å². The molecule has 2 amide bonds. The van der Waals surface area contributed by atoms with E-state index >= 15 is 0 Å². The van der Waals surface area contributed by atoms with Gasteiger partial charge >= 0.3 is 5.97 Å². The normalized spacial score (nSPS) is 15.7. The zero-order valence-corrected chi connectivity index (χ0v) is 14.2. The van der Waals surface area contributed by atoms with Crippen molar-refractivity contribution in [1.29, 1.82) is 0 Å². The predicted octanol–water partition coefficient (Wildman–Crippen LogP) is 2.59. The van der Waals surface area contributed by atoms with E-state index in [1.54, 1.807) is 12.1 Å². The van der Waals surface area contributed by atoms with Crippen LogP contribution in [0.3, 0.4) is 0 Å². The van der Waals surface area contributed by atoms with E-state index in [1.165, 1.54) is 12.1 Å². The minimum absolute atomic E-state index is 0.0410. The molecule has 134 valence electrons. The topological polar surface area (TPSA) is 95.5 Å². The summed E-state index contributed by atoms with van der Waals surface area (Å²) < 4.78 is 0. The maximum Gasteiger partial charge on any atom is 0.335 e. The number of carboxylic acids is 1. The molecule has 1 atom stereocenters. The SMILES string of the molecule is O=C(CC[C@@H]1Cc2ccccc2NC1=O)NCc1ccc(C(=O)O)cc1. The van der Waals surface area contributed by atoms with Crippen molar-refractivity contribution in [3.05, 3.63) is 65.2 Å². The number of hydrogen-bond acceptors (Lipinski definition) is 3. The van der Waals surface area contributed by atoms with Crippen molar-refractivity contribution in [2.45, 2.75) is 25.8 Å². The summed E-state index contributed by atoms with van der Waals surface area (Å²) >= 11 is 0. The third-order valence-corrected chi connectivity index (χ3v) is 4.52. The molecule has 0 fully saturated rings. The first-order valence-electron chi connectivity index (χ1n) is 8.50. The molecule has 0 unspecified atom stereocenters. The first-order chi connectivity index (χ1) is 12.5. The Morgan fingerprint density at radius 1 is 1.12 bits per heavy atom. The number of carbonyl (C=O) groups is 3. The van der Waals surface area contributed by atoms with Crippen LogP contribution in [0.4, 0.5) is 5.69 Å². The lowest BCUT2D eigenvalue weighted by atomic mass is 9.89. The van der Waals surface area contributed by atoms with Crippen LogP contribution in [0.2, 0.25) is 0 Å². The molecule has 2 aromatic carbocycles. The maximum atomic E-state index is 12.1. The molecule has 6 heteroatoms. The highest BCUT2D eigenvalue weighted by Crippen LogP contribution is 2.27. The number of nitrogens with one attached hydrogen (secondary N) is 2. The number of rotatable bonds is 6. The predicted molar refractivity (Wildman–Crippen MR) is 96.7 cm³/mol. The van der Waals surface area contributed by atoms with Gasteiger partial charge in [0.2, 0.25) is 11.8 Å². The van der Waals surface area contributed by atoms with E-state index in [2.05, 4.69) is 10.6 Å². The van der Waals surface area contributed by atoms with Crippen molar-refractivity contribution >= 4 is 23.5 Å². The molecule has 0 saturated heterocycles. The summed E-state index contributed by atoms with van der Waals surface area (Å²) in [6.45, 7) is 0.332. The Morgan fingerprint density at radius 3 is 2.58 bits per heavy atom. The number of anilines is 1. The second kappa shape index (κ2) is 7.82. The molecule has 0 bridgehead atoms. The summed E-state index contributed by atoms with van der Waals surface area (Å²) in [6.07, 6.45) is 1.41.